The topological polar surface area (TPSA) is 95.5 Å². The Morgan fingerprint density at radius 3 is 2.85 bits per heavy atom. The van der Waals surface area contributed by atoms with Crippen LogP contribution >= 0.6 is 11.3 Å². The summed E-state index contributed by atoms with van der Waals surface area (Å²) in [5.74, 6) is -0.728. The highest BCUT2D eigenvalue weighted by atomic mass is 32.1. The second-order valence-corrected chi connectivity index (χ2v) is 7.81. The molecule has 1 unspecified atom stereocenters. The van der Waals surface area contributed by atoms with E-state index in [9.17, 15) is 14.4 Å². The van der Waals surface area contributed by atoms with Crippen LogP contribution in [-0.2, 0) is 9.59 Å². The van der Waals surface area contributed by atoms with Crippen molar-refractivity contribution in [2.75, 3.05) is 23.3 Å². The van der Waals surface area contributed by atoms with Crippen molar-refractivity contribution in [3.63, 3.8) is 0 Å². The summed E-state index contributed by atoms with van der Waals surface area (Å²) in [6.07, 6.45) is 2.39. The molecule has 140 valence electrons. The van der Waals surface area contributed by atoms with Crippen molar-refractivity contribution in [1.29, 1.82) is 0 Å². The van der Waals surface area contributed by atoms with E-state index in [4.69, 9.17) is 0 Å². The van der Waals surface area contributed by atoms with Crippen LogP contribution in [0.3, 0.4) is 0 Å². The Kier molecular flexibility index (Phi) is 4.61. The Morgan fingerprint density at radius 2 is 2.07 bits per heavy atom. The number of hydrogen-bond acceptors (Lipinski definition) is 6. The lowest BCUT2D eigenvalue weighted by molar-refractivity contribution is -0.125. The summed E-state index contributed by atoms with van der Waals surface area (Å²) in [4.78, 5) is 41.8. The lowest BCUT2D eigenvalue weighted by Gasteiger charge is -2.34. The molecule has 2 aromatic rings. The first-order valence-corrected chi connectivity index (χ1v) is 9.67. The number of carbonyl (C=O) groups is 3. The van der Waals surface area contributed by atoms with Gasteiger partial charge >= 0.3 is 0 Å². The molecule has 1 saturated heterocycles. The number of nitrogens with zero attached hydrogens (tertiary/aromatic N) is 4. The van der Waals surface area contributed by atoms with Gasteiger partial charge in [0.1, 0.15) is 17.6 Å². The molecule has 1 atom stereocenters. The second kappa shape index (κ2) is 7.07. The maximum Gasteiger partial charge on any atom is 0.256 e. The Hall–Kier alpha value is -2.81. The van der Waals surface area contributed by atoms with Gasteiger partial charge < -0.3 is 9.80 Å². The molecule has 27 heavy (non-hydrogen) atoms. The number of rotatable bonds is 3. The first-order valence-electron chi connectivity index (χ1n) is 8.86. The van der Waals surface area contributed by atoms with E-state index in [-0.39, 0.29) is 24.3 Å². The van der Waals surface area contributed by atoms with Gasteiger partial charge in [-0.3, -0.25) is 19.7 Å². The number of aromatic nitrogens is 2. The van der Waals surface area contributed by atoms with Crippen molar-refractivity contribution < 1.29 is 14.4 Å². The number of nitrogens with one attached hydrogen (secondary N) is 1. The maximum absolute atomic E-state index is 13.2. The van der Waals surface area contributed by atoms with Crippen LogP contribution in [0.5, 0.6) is 0 Å². The summed E-state index contributed by atoms with van der Waals surface area (Å²) >= 11 is 1.27. The third kappa shape index (κ3) is 3.30. The average molecular weight is 385 g/mol. The van der Waals surface area contributed by atoms with Crippen LogP contribution in [0.1, 0.15) is 34.6 Å². The molecule has 0 radical (unpaired) electrons. The van der Waals surface area contributed by atoms with Crippen molar-refractivity contribution in [2.45, 2.75) is 32.2 Å². The molecule has 4 rings (SSSR count). The van der Waals surface area contributed by atoms with Crippen LogP contribution in [-0.4, -0.2) is 52.0 Å². The van der Waals surface area contributed by atoms with Crippen LogP contribution < -0.4 is 10.2 Å². The number of anilines is 2. The number of hydrogen-bond donors (Lipinski definition) is 1. The Bertz CT molecular complexity index is 912. The molecule has 3 amide bonds. The van der Waals surface area contributed by atoms with Gasteiger partial charge in [0, 0.05) is 6.54 Å². The van der Waals surface area contributed by atoms with Crippen molar-refractivity contribution >= 4 is 39.9 Å². The highest BCUT2D eigenvalue weighted by Gasteiger charge is 2.41. The highest BCUT2D eigenvalue weighted by molar-refractivity contribution is 7.15. The molecule has 0 saturated carbocycles. The molecule has 1 fully saturated rings. The molecular formula is C18H19N5O3S. The molecule has 0 aliphatic carbocycles. The first-order chi connectivity index (χ1) is 13.0. The molecule has 0 spiro atoms. The molecule has 0 bridgehead atoms. The summed E-state index contributed by atoms with van der Waals surface area (Å²) in [6.45, 7) is 2.19. The van der Waals surface area contributed by atoms with Crippen molar-refractivity contribution in [3.8, 4) is 0 Å². The zero-order valence-electron chi connectivity index (χ0n) is 14.8. The number of benzene rings is 1. The number of carbonyl (C=O) groups excluding carboxylic acids is 3. The van der Waals surface area contributed by atoms with Gasteiger partial charge in [0.25, 0.3) is 5.91 Å². The SMILES string of the molecule is Cc1nnc(NC(=O)CN2C(=O)C3CCCCN3C(=O)c3ccccc32)s1. The molecule has 2 aliphatic heterocycles. The monoisotopic (exact) mass is 385 g/mol. The van der Waals surface area contributed by atoms with Gasteiger partial charge in [0.15, 0.2) is 0 Å². The molecule has 2 aliphatic rings. The third-order valence-corrected chi connectivity index (χ3v) is 5.57. The maximum atomic E-state index is 13.2. The molecule has 1 aromatic carbocycles. The second-order valence-electron chi connectivity index (χ2n) is 6.63. The Morgan fingerprint density at radius 1 is 1.26 bits per heavy atom. The minimum atomic E-state index is -0.518. The van der Waals surface area contributed by atoms with Crippen molar-refractivity contribution in [2.24, 2.45) is 0 Å². The van der Waals surface area contributed by atoms with E-state index in [2.05, 4.69) is 15.5 Å². The molecule has 1 N–H and O–H groups in total. The first kappa shape index (κ1) is 17.6. The molecule has 1 aromatic heterocycles. The van der Waals surface area contributed by atoms with Crippen LogP contribution in [0.2, 0.25) is 0 Å². The highest BCUT2D eigenvalue weighted by Crippen LogP contribution is 2.31. The van der Waals surface area contributed by atoms with E-state index in [1.807, 2.05) is 0 Å². The number of fused-ring (bicyclic) bond motifs is 2. The minimum absolute atomic E-state index is 0.147. The fourth-order valence-electron chi connectivity index (χ4n) is 3.59. The summed E-state index contributed by atoms with van der Waals surface area (Å²) in [7, 11) is 0. The average Bonchev–Trinajstić information content (AvgIpc) is 3.06. The van der Waals surface area contributed by atoms with Gasteiger partial charge in [-0.05, 0) is 38.3 Å². The predicted octanol–water partition coefficient (Wildman–Crippen LogP) is 1.83. The van der Waals surface area contributed by atoms with E-state index in [0.29, 0.717) is 29.3 Å². The fourth-order valence-corrected chi connectivity index (χ4v) is 4.20. The molecule has 8 nitrogen and oxygen atoms in total. The van der Waals surface area contributed by atoms with Crippen LogP contribution in [0, 0.1) is 6.92 Å². The minimum Gasteiger partial charge on any atom is -0.327 e. The van der Waals surface area contributed by atoms with Gasteiger partial charge in [-0.25, -0.2) is 0 Å². The quantitative estimate of drug-likeness (QED) is 0.870. The van der Waals surface area contributed by atoms with E-state index in [1.165, 1.54) is 16.2 Å². The van der Waals surface area contributed by atoms with E-state index in [1.54, 1.807) is 36.1 Å². The molecule has 9 heteroatoms. The van der Waals surface area contributed by atoms with Crippen LogP contribution in [0.25, 0.3) is 0 Å². The van der Waals surface area contributed by atoms with Gasteiger partial charge in [-0.2, -0.15) is 0 Å². The largest absolute Gasteiger partial charge is 0.327 e. The molecular weight excluding hydrogens is 366 g/mol. The van der Waals surface area contributed by atoms with Gasteiger partial charge in [0.05, 0.1) is 11.3 Å². The predicted molar refractivity (Wildman–Crippen MR) is 101 cm³/mol. The van der Waals surface area contributed by atoms with Gasteiger partial charge in [-0.15, -0.1) is 10.2 Å². The van der Waals surface area contributed by atoms with Crippen molar-refractivity contribution in [3.05, 3.63) is 34.8 Å². The van der Waals surface area contributed by atoms with E-state index >= 15 is 0 Å². The normalized spacial score (nSPS) is 19.4. The number of piperidine rings is 1. The van der Waals surface area contributed by atoms with Gasteiger partial charge in [-0.1, -0.05) is 23.5 Å². The summed E-state index contributed by atoms with van der Waals surface area (Å²) < 4.78 is 0. The number of aryl methyl sites for hydroxylation is 1. The van der Waals surface area contributed by atoms with E-state index < -0.39 is 6.04 Å². The standard InChI is InChI=1S/C18H19N5O3S/c1-11-20-21-18(27-11)19-15(24)10-23-13-7-3-2-6-12(13)16(25)22-9-5-4-8-14(22)17(23)26/h2-3,6-7,14H,4-5,8-10H2,1H3,(H,19,21,24). The lowest BCUT2D eigenvalue weighted by Crippen LogP contribution is -2.52. The summed E-state index contributed by atoms with van der Waals surface area (Å²) in [6, 6.07) is 6.44. The fraction of sp³-hybridized carbons (Fsp3) is 0.389. The van der Waals surface area contributed by atoms with Gasteiger partial charge in [0.2, 0.25) is 16.9 Å². The third-order valence-electron chi connectivity index (χ3n) is 4.81. The summed E-state index contributed by atoms with van der Waals surface area (Å²) in [5, 5.41) is 11.6. The van der Waals surface area contributed by atoms with E-state index in [0.717, 1.165) is 17.8 Å². The molecule has 3 heterocycles. The number of amides is 3. The zero-order chi connectivity index (χ0) is 19.0. The number of para-hydroxylation sites is 1. The van der Waals surface area contributed by atoms with Crippen LogP contribution in [0.4, 0.5) is 10.8 Å². The van der Waals surface area contributed by atoms with Crippen LogP contribution in [0.15, 0.2) is 24.3 Å². The van der Waals surface area contributed by atoms with Crippen molar-refractivity contribution in [1.82, 2.24) is 15.1 Å². The Balaban J connectivity index is 1.65. The summed E-state index contributed by atoms with van der Waals surface area (Å²) in [5.41, 5.74) is 0.931. The smallest absolute Gasteiger partial charge is 0.256 e. The zero-order valence-corrected chi connectivity index (χ0v) is 15.7. The lowest BCUT2D eigenvalue weighted by atomic mass is 10.0. The Labute approximate surface area is 160 Å².